The first-order valence-electron chi connectivity index (χ1n) is 6.12. The van der Waals surface area contributed by atoms with Gasteiger partial charge in [-0.15, -0.1) is 0 Å². The lowest BCUT2D eigenvalue weighted by atomic mass is 10.1. The van der Waals surface area contributed by atoms with Crippen molar-refractivity contribution in [3.05, 3.63) is 41.5 Å². The molecule has 1 aromatic rings. The minimum absolute atomic E-state index is 0.545. The van der Waals surface area contributed by atoms with E-state index in [0.717, 1.165) is 12.1 Å². The fourth-order valence-corrected chi connectivity index (χ4v) is 2.05. The summed E-state index contributed by atoms with van der Waals surface area (Å²) in [6.07, 6.45) is -3.00. The normalized spacial score (nSPS) is 16.9. The van der Waals surface area contributed by atoms with Crippen molar-refractivity contribution in [2.24, 2.45) is 0 Å². The highest BCUT2D eigenvalue weighted by atomic mass is 19.4. The highest BCUT2D eigenvalue weighted by molar-refractivity contribution is 5.66. The van der Waals surface area contributed by atoms with Gasteiger partial charge < -0.3 is 9.64 Å². The van der Waals surface area contributed by atoms with Crippen LogP contribution in [0.5, 0.6) is 0 Å². The van der Waals surface area contributed by atoms with Gasteiger partial charge >= 0.3 is 6.18 Å². The smallest absolute Gasteiger partial charge is 0.378 e. The lowest BCUT2D eigenvalue weighted by Crippen LogP contribution is -2.34. The molecule has 106 valence electrons. The molecule has 0 N–H and O–H groups in total. The Bertz CT molecular complexity index is 523. The van der Waals surface area contributed by atoms with E-state index in [1.807, 2.05) is 11.0 Å². The second-order valence-electron chi connectivity index (χ2n) is 4.33. The van der Waals surface area contributed by atoms with Crippen LogP contribution < -0.4 is 0 Å². The second kappa shape index (κ2) is 5.97. The molecule has 1 saturated heterocycles. The summed E-state index contributed by atoms with van der Waals surface area (Å²) in [7, 11) is 0. The van der Waals surface area contributed by atoms with E-state index in [0.29, 0.717) is 37.6 Å². The summed E-state index contributed by atoms with van der Waals surface area (Å²) in [5.74, 6) is 0. The number of ether oxygens (including phenoxy) is 1. The monoisotopic (exact) mass is 282 g/mol. The fourth-order valence-electron chi connectivity index (χ4n) is 2.05. The van der Waals surface area contributed by atoms with E-state index in [1.54, 1.807) is 0 Å². The number of halogens is 3. The molecular formula is C14H13F3N2O. The molecule has 0 aromatic heterocycles. The average Bonchev–Trinajstić information content (AvgIpc) is 2.45. The molecule has 0 unspecified atom stereocenters. The van der Waals surface area contributed by atoms with Crippen LogP contribution in [0, 0.1) is 11.3 Å². The predicted molar refractivity (Wildman–Crippen MR) is 67.4 cm³/mol. The first-order valence-corrected chi connectivity index (χ1v) is 6.12. The minimum Gasteiger partial charge on any atom is -0.378 e. The van der Waals surface area contributed by atoms with Crippen LogP contribution in [-0.4, -0.2) is 31.2 Å². The van der Waals surface area contributed by atoms with Gasteiger partial charge in [0, 0.05) is 19.2 Å². The number of nitrogens with zero attached hydrogens (tertiary/aromatic N) is 2. The van der Waals surface area contributed by atoms with Crippen molar-refractivity contribution in [2.75, 3.05) is 26.3 Å². The number of nitriles is 1. The zero-order valence-electron chi connectivity index (χ0n) is 10.7. The van der Waals surface area contributed by atoms with E-state index >= 15 is 0 Å². The highest BCUT2D eigenvalue weighted by Crippen LogP contribution is 2.30. The molecule has 0 bridgehead atoms. The fraction of sp³-hybridized carbons (Fsp3) is 0.357. The quantitative estimate of drug-likeness (QED) is 0.783. The van der Waals surface area contributed by atoms with Crippen LogP contribution in [0.4, 0.5) is 13.2 Å². The summed E-state index contributed by atoms with van der Waals surface area (Å²) >= 11 is 0. The number of alkyl halides is 3. The molecule has 20 heavy (non-hydrogen) atoms. The molecular weight excluding hydrogens is 269 g/mol. The van der Waals surface area contributed by atoms with Gasteiger partial charge in [-0.2, -0.15) is 18.4 Å². The van der Waals surface area contributed by atoms with E-state index in [1.165, 1.54) is 18.2 Å². The van der Waals surface area contributed by atoms with Crippen molar-refractivity contribution in [3.8, 4) is 6.07 Å². The van der Waals surface area contributed by atoms with Crippen molar-refractivity contribution in [3.63, 3.8) is 0 Å². The van der Waals surface area contributed by atoms with Crippen LogP contribution in [0.15, 0.2) is 30.3 Å². The summed E-state index contributed by atoms with van der Waals surface area (Å²) < 4.78 is 42.8. The maximum Gasteiger partial charge on any atom is 0.416 e. The summed E-state index contributed by atoms with van der Waals surface area (Å²) in [5, 5.41) is 8.85. The van der Waals surface area contributed by atoms with Gasteiger partial charge in [-0.1, -0.05) is 12.1 Å². The van der Waals surface area contributed by atoms with Gasteiger partial charge in [0.1, 0.15) is 0 Å². The van der Waals surface area contributed by atoms with Gasteiger partial charge in [0.2, 0.25) is 0 Å². The Hall–Kier alpha value is -2.00. The second-order valence-corrected chi connectivity index (χ2v) is 4.33. The summed E-state index contributed by atoms with van der Waals surface area (Å²) in [6.45, 7) is 2.33. The van der Waals surface area contributed by atoms with Gasteiger partial charge in [-0.05, 0) is 17.7 Å². The van der Waals surface area contributed by atoms with E-state index in [4.69, 9.17) is 10.00 Å². The van der Waals surface area contributed by atoms with Crippen LogP contribution >= 0.6 is 0 Å². The van der Waals surface area contributed by atoms with Crippen molar-refractivity contribution in [1.29, 1.82) is 5.26 Å². The van der Waals surface area contributed by atoms with Gasteiger partial charge in [0.25, 0.3) is 0 Å². The summed E-state index contributed by atoms with van der Waals surface area (Å²) in [4.78, 5) is 1.94. The molecule has 1 heterocycles. The molecule has 0 aliphatic carbocycles. The molecule has 1 fully saturated rings. The Morgan fingerprint density at radius 2 is 1.80 bits per heavy atom. The maximum absolute atomic E-state index is 12.5. The number of benzene rings is 1. The number of allylic oxidation sites excluding steroid dienone is 1. The van der Waals surface area contributed by atoms with E-state index in [9.17, 15) is 13.2 Å². The number of rotatable bonds is 2. The molecule has 0 atom stereocenters. The predicted octanol–water partition coefficient (Wildman–Crippen LogP) is 2.90. The Labute approximate surface area is 114 Å². The SMILES string of the molecule is N#C/C=C(\c1ccc(C(F)(F)F)cc1)N1CCOCC1. The van der Waals surface area contributed by atoms with Gasteiger partial charge in [0.05, 0.1) is 30.5 Å². The summed E-state index contributed by atoms with van der Waals surface area (Å²) in [6, 6.07) is 6.78. The molecule has 0 spiro atoms. The van der Waals surface area contributed by atoms with E-state index in [-0.39, 0.29) is 0 Å². The standard InChI is InChI=1S/C14H13F3N2O/c15-14(16,17)12-3-1-11(2-4-12)13(5-6-18)19-7-9-20-10-8-19/h1-5H,7-10H2/b13-5+. The van der Waals surface area contributed by atoms with Crippen LogP contribution in [0.25, 0.3) is 5.70 Å². The van der Waals surface area contributed by atoms with Crippen molar-refractivity contribution in [1.82, 2.24) is 4.90 Å². The van der Waals surface area contributed by atoms with Gasteiger partial charge in [-0.25, -0.2) is 0 Å². The highest BCUT2D eigenvalue weighted by Gasteiger charge is 2.30. The van der Waals surface area contributed by atoms with E-state index in [2.05, 4.69) is 0 Å². The maximum atomic E-state index is 12.5. The third-order valence-corrected chi connectivity index (χ3v) is 3.06. The van der Waals surface area contributed by atoms with Crippen LogP contribution in [0.3, 0.4) is 0 Å². The first-order chi connectivity index (χ1) is 9.52. The van der Waals surface area contributed by atoms with Crippen LogP contribution in [-0.2, 0) is 10.9 Å². The van der Waals surface area contributed by atoms with Gasteiger partial charge in [0.15, 0.2) is 0 Å². The third kappa shape index (κ3) is 3.31. The zero-order chi connectivity index (χ0) is 14.6. The number of hydrogen-bond donors (Lipinski definition) is 0. The molecule has 1 aliphatic rings. The Balaban J connectivity index is 2.26. The largest absolute Gasteiger partial charge is 0.416 e. The lowest BCUT2D eigenvalue weighted by Gasteiger charge is -2.30. The lowest BCUT2D eigenvalue weighted by molar-refractivity contribution is -0.137. The van der Waals surface area contributed by atoms with Gasteiger partial charge in [-0.3, -0.25) is 0 Å². The molecule has 3 nitrogen and oxygen atoms in total. The number of morpholine rings is 1. The Morgan fingerprint density at radius 3 is 2.30 bits per heavy atom. The molecule has 6 heteroatoms. The molecule has 1 aliphatic heterocycles. The molecule has 0 saturated carbocycles. The summed E-state index contributed by atoms with van der Waals surface area (Å²) in [5.41, 5.74) is 0.533. The molecule has 1 aromatic carbocycles. The van der Waals surface area contributed by atoms with Crippen molar-refractivity contribution < 1.29 is 17.9 Å². The molecule has 0 radical (unpaired) electrons. The van der Waals surface area contributed by atoms with Crippen molar-refractivity contribution in [2.45, 2.75) is 6.18 Å². The van der Waals surface area contributed by atoms with Crippen LogP contribution in [0.1, 0.15) is 11.1 Å². The average molecular weight is 282 g/mol. The third-order valence-electron chi connectivity index (χ3n) is 3.06. The van der Waals surface area contributed by atoms with Crippen molar-refractivity contribution >= 4 is 5.70 Å². The first kappa shape index (κ1) is 14.4. The van der Waals surface area contributed by atoms with E-state index < -0.39 is 11.7 Å². The topological polar surface area (TPSA) is 36.3 Å². The number of hydrogen-bond acceptors (Lipinski definition) is 3. The minimum atomic E-state index is -4.35. The Morgan fingerprint density at radius 1 is 1.20 bits per heavy atom. The molecule has 0 amide bonds. The zero-order valence-corrected chi connectivity index (χ0v) is 10.7. The molecule has 2 rings (SSSR count). The Kier molecular flexibility index (Phi) is 4.30. The van der Waals surface area contributed by atoms with Crippen LogP contribution in [0.2, 0.25) is 0 Å².